The van der Waals surface area contributed by atoms with Gasteiger partial charge in [0.15, 0.2) is 0 Å². The van der Waals surface area contributed by atoms with E-state index in [-0.39, 0.29) is 5.91 Å². The smallest absolute Gasteiger partial charge is 0.234 e. The minimum absolute atomic E-state index is 0.209. The average Bonchev–Trinajstić information content (AvgIpc) is 2.82. The predicted molar refractivity (Wildman–Crippen MR) is 73.2 cm³/mol. The monoisotopic (exact) mass is 253 g/mol. The molecule has 1 heterocycles. The number of piperidine rings is 1. The normalized spacial score (nSPS) is 25.2. The third kappa shape index (κ3) is 3.95. The average molecular weight is 253 g/mol. The number of amides is 1. The first-order chi connectivity index (χ1) is 8.65. The predicted octanol–water partition coefficient (Wildman–Crippen LogP) is 1.10. The van der Waals surface area contributed by atoms with Gasteiger partial charge < -0.3 is 11.1 Å². The number of hydrogen-bond acceptors (Lipinski definition) is 3. The molecule has 1 amide bonds. The summed E-state index contributed by atoms with van der Waals surface area (Å²) < 4.78 is 0. The molecule has 1 aliphatic heterocycles. The molecule has 1 unspecified atom stereocenters. The molecule has 0 bridgehead atoms. The molecule has 0 spiro atoms. The van der Waals surface area contributed by atoms with Crippen LogP contribution in [0.1, 0.15) is 45.4 Å². The van der Waals surface area contributed by atoms with E-state index in [0.29, 0.717) is 24.5 Å². The van der Waals surface area contributed by atoms with E-state index in [1.807, 2.05) is 0 Å². The third-order valence-electron chi connectivity index (χ3n) is 4.46. The first-order valence-electron chi connectivity index (χ1n) is 7.42. The highest BCUT2D eigenvalue weighted by atomic mass is 16.2. The van der Waals surface area contributed by atoms with Gasteiger partial charge in [0, 0.05) is 12.1 Å². The Bertz CT molecular complexity index is 266. The molecule has 104 valence electrons. The van der Waals surface area contributed by atoms with Crippen molar-refractivity contribution in [2.24, 2.45) is 11.7 Å². The molecule has 2 aliphatic rings. The molecule has 2 fully saturated rings. The molecule has 1 saturated heterocycles. The molecule has 4 nitrogen and oxygen atoms in total. The Hall–Kier alpha value is -0.610. The SMILES string of the molecule is CC(N)C1CCN(CC(=O)NC2CCCC2)CC1. The van der Waals surface area contributed by atoms with Gasteiger partial charge in [0.25, 0.3) is 0 Å². The molecule has 0 aromatic carbocycles. The molecule has 0 aromatic heterocycles. The van der Waals surface area contributed by atoms with Crippen LogP contribution in [-0.4, -0.2) is 42.5 Å². The van der Waals surface area contributed by atoms with E-state index < -0.39 is 0 Å². The van der Waals surface area contributed by atoms with Crippen LogP contribution in [0.2, 0.25) is 0 Å². The number of likely N-dealkylation sites (tertiary alicyclic amines) is 1. The molecule has 4 heteroatoms. The van der Waals surface area contributed by atoms with E-state index in [1.54, 1.807) is 0 Å². The van der Waals surface area contributed by atoms with Crippen LogP contribution in [0.5, 0.6) is 0 Å². The largest absolute Gasteiger partial charge is 0.352 e. The van der Waals surface area contributed by atoms with E-state index in [0.717, 1.165) is 25.9 Å². The number of carbonyl (C=O) groups is 1. The summed E-state index contributed by atoms with van der Waals surface area (Å²) in [5.41, 5.74) is 5.92. The van der Waals surface area contributed by atoms with Crippen molar-refractivity contribution in [1.82, 2.24) is 10.2 Å². The fraction of sp³-hybridized carbons (Fsp3) is 0.929. The van der Waals surface area contributed by atoms with Crippen LogP contribution in [0.15, 0.2) is 0 Å². The van der Waals surface area contributed by atoms with E-state index >= 15 is 0 Å². The Morgan fingerprint density at radius 1 is 1.28 bits per heavy atom. The summed E-state index contributed by atoms with van der Waals surface area (Å²) >= 11 is 0. The van der Waals surface area contributed by atoms with Crippen molar-refractivity contribution >= 4 is 5.91 Å². The maximum Gasteiger partial charge on any atom is 0.234 e. The summed E-state index contributed by atoms with van der Waals surface area (Å²) in [6.45, 7) is 4.70. The lowest BCUT2D eigenvalue weighted by Crippen LogP contribution is -2.45. The second-order valence-electron chi connectivity index (χ2n) is 6.02. The number of nitrogens with zero attached hydrogens (tertiary/aromatic N) is 1. The van der Waals surface area contributed by atoms with Crippen molar-refractivity contribution in [3.8, 4) is 0 Å². The second-order valence-corrected chi connectivity index (χ2v) is 6.02. The number of carbonyl (C=O) groups excluding carboxylic acids is 1. The van der Waals surface area contributed by atoms with Gasteiger partial charge in [-0.1, -0.05) is 12.8 Å². The fourth-order valence-corrected chi connectivity index (χ4v) is 3.18. The number of rotatable bonds is 4. The van der Waals surface area contributed by atoms with Gasteiger partial charge in [-0.15, -0.1) is 0 Å². The van der Waals surface area contributed by atoms with Gasteiger partial charge in [-0.05, 0) is 51.6 Å². The van der Waals surface area contributed by atoms with Gasteiger partial charge in [-0.3, -0.25) is 9.69 Å². The van der Waals surface area contributed by atoms with Crippen LogP contribution in [0, 0.1) is 5.92 Å². The number of nitrogens with two attached hydrogens (primary N) is 1. The highest BCUT2D eigenvalue weighted by Crippen LogP contribution is 2.20. The molecule has 3 N–H and O–H groups in total. The van der Waals surface area contributed by atoms with E-state index in [9.17, 15) is 4.79 Å². The summed E-state index contributed by atoms with van der Waals surface area (Å²) in [4.78, 5) is 14.2. The van der Waals surface area contributed by atoms with Crippen LogP contribution in [-0.2, 0) is 4.79 Å². The Kier molecular flexibility index (Phi) is 5.01. The van der Waals surface area contributed by atoms with Crippen molar-refractivity contribution in [1.29, 1.82) is 0 Å². The summed E-state index contributed by atoms with van der Waals surface area (Å²) in [5, 5.41) is 3.15. The van der Waals surface area contributed by atoms with Gasteiger partial charge in [0.05, 0.1) is 6.54 Å². The Morgan fingerprint density at radius 3 is 2.44 bits per heavy atom. The standard InChI is InChI=1S/C14H27N3O/c1-11(15)12-6-8-17(9-7-12)10-14(18)16-13-4-2-3-5-13/h11-13H,2-10,15H2,1H3,(H,16,18). The topological polar surface area (TPSA) is 58.4 Å². The molecule has 2 rings (SSSR count). The third-order valence-corrected chi connectivity index (χ3v) is 4.46. The minimum Gasteiger partial charge on any atom is -0.352 e. The zero-order valence-corrected chi connectivity index (χ0v) is 11.5. The summed E-state index contributed by atoms with van der Waals surface area (Å²) in [7, 11) is 0. The van der Waals surface area contributed by atoms with Crippen molar-refractivity contribution < 1.29 is 4.79 Å². The van der Waals surface area contributed by atoms with Gasteiger partial charge in [-0.25, -0.2) is 0 Å². The molecule has 1 saturated carbocycles. The molecular weight excluding hydrogens is 226 g/mol. The van der Waals surface area contributed by atoms with Crippen LogP contribution < -0.4 is 11.1 Å². The van der Waals surface area contributed by atoms with Crippen molar-refractivity contribution in [3.05, 3.63) is 0 Å². The van der Waals surface area contributed by atoms with Gasteiger partial charge in [-0.2, -0.15) is 0 Å². The maximum atomic E-state index is 11.9. The maximum absolute atomic E-state index is 11.9. The van der Waals surface area contributed by atoms with Crippen LogP contribution in [0.25, 0.3) is 0 Å². The molecule has 1 aliphatic carbocycles. The van der Waals surface area contributed by atoms with Crippen molar-refractivity contribution in [2.75, 3.05) is 19.6 Å². The number of hydrogen-bond donors (Lipinski definition) is 2. The van der Waals surface area contributed by atoms with Crippen molar-refractivity contribution in [2.45, 2.75) is 57.5 Å². The summed E-state index contributed by atoms with van der Waals surface area (Å²) in [5.74, 6) is 0.847. The second kappa shape index (κ2) is 6.53. The van der Waals surface area contributed by atoms with Crippen LogP contribution in [0.4, 0.5) is 0 Å². The number of nitrogens with one attached hydrogen (secondary N) is 1. The Morgan fingerprint density at radius 2 is 1.89 bits per heavy atom. The van der Waals surface area contributed by atoms with E-state index in [1.165, 1.54) is 25.7 Å². The quantitative estimate of drug-likeness (QED) is 0.789. The highest BCUT2D eigenvalue weighted by molar-refractivity contribution is 5.78. The first kappa shape index (κ1) is 13.8. The zero-order valence-electron chi connectivity index (χ0n) is 11.5. The molecule has 18 heavy (non-hydrogen) atoms. The fourth-order valence-electron chi connectivity index (χ4n) is 3.18. The molecule has 1 atom stereocenters. The Balaban J connectivity index is 1.66. The molecule has 0 radical (unpaired) electrons. The van der Waals surface area contributed by atoms with Gasteiger partial charge in [0.1, 0.15) is 0 Å². The lowest BCUT2D eigenvalue weighted by molar-refractivity contribution is -0.123. The zero-order chi connectivity index (χ0) is 13.0. The van der Waals surface area contributed by atoms with Crippen molar-refractivity contribution in [3.63, 3.8) is 0 Å². The Labute approximate surface area is 110 Å². The first-order valence-corrected chi connectivity index (χ1v) is 7.42. The lowest BCUT2D eigenvalue weighted by atomic mass is 9.91. The minimum atomic E-state index is 0.209. The summed E-state index contributed by atoms with van der Waals surface area (Å²) in [6, 6.07) is 0.735. The highest BCUT2D eigenvalue weighted by Gasteiger charge is 2.24. The van der Waals surface area contributed by atoms with E-state index in [2.05, 4.69) is 17.1 Å². The molecule has 0 aromatic rings. The lowest BCUT2D eigenvalue weighted by Gasteiger charge is -2.33. The van der Waals surface area contributed by atoms with Gasteiger partial charge in [0.2, 0.25) is 5.91 Å². The van der Waals surface area contributed by atoms with Crippen LogP contribution in [0.3, 0.4) is 0 Å². The van der Waals surface area contributed by atoms with Gasteiger partial charge >= 0.3 is 0 Å². The van der Waals surface area contributed by atoms with E-state index in [4.69, 9.17) is 5.73 Å². The molecular formula is C14H27N3O. The van der Waals surface area contributed by atoms with Crippen LogP contribution >= 0.6 is 0 Å². The summed E-state index contributed by atoms with van der Waals surface area (Å²) in [6.07, 6.45) is 7.13.